The molecule has 0 bridgehead atoms. The third-order valence-corrected chi connectivity index (χ3v) is 6.69. The van der Waals surface area contributed by atoms with Crippen molar-refractivity contribution >= 4 is 17.6 Å². The molecule has 1 aromatic carbocycles. The summed E-state index contributed by atoms with van der Waals surface area (Å²) in [5.74, 6) is -6.07. The van der Waals surface area contributed by atoms with Crippen molar-refractivity contribution in [3.63, 3.8) is 0 Å². The summed E-state index contributed by atoms with van der Waals surface area (Å²) in [6, 6.07) is 0.627. The number of carbonyl (C=O) groups excluding carboxylic acids is 1. The summed E-state index contributed by atoms with van der Waals surface area (Å²) in [5.41, 5.74) is -2.40. The molecule has 0 radical (unpaired) electrons. The van der Waals surface area contributed by atoms with Gasteiger partial charge in [-0.15, -0.1) is 0 Å². The first kappa shape index (κ1) is 31.0. The fourth-order valence-corrected chi connectivity index (χ4v) is 4.71. The molecule has 3 rings (SSSR count). The number of benzene rings is 1. The molecule has 220 valence electrons. The second-order valence-corrected chi connectivity index (χ2v) is 9.50. The van der Waals surface area contributed by atoms with Gasteiger partial charge in [-0.2, -0.15) is 13.2 Å². The van der Waals surface area contributed by atoms with E-state index in [4.69, 9.17) is 14.2 Å². The van der Waals surface area contributed by atoms with E-state index in [1.54, 1.807) is 0 Å². The molecule has 2 aromatic rings. The van der Waals surface area contributed by atoms with E-state index < -0.39 is 64.5 Å². The van der Waals surface area contributed by atoms with Crippen LogP contribution in [-0.4, -0.2) is 67.5 Å². The van der Waals surface area contributed by atoms with E-state index in [2.05, 4.69) is 21.6 Å². The minimum Gasteiger partial charge on any atom is -0.480 e. The Bertz CT molecular complexity index is 1200. The summed E-state index contributed by atoms with van der Waals surface area (Å²) in [5, 5.41) is 10.0. The van der Waals surface area contributed by atoms with Crippen molar-refractivity contribution < 1.29 is 51.2 Å². The van der Waals surface area contributed by atoms with E-state index in [1.807, 2.05) is 0 Å². The molecule has 1 amide bonds. The van der Waals surface area contributed by atoms with Gasteiger partial charge in [0.2, 0.25) is 17.7 Å². The monoisotopic (exact) mass is 573 g/mol. The highest BCUT2D eigenvalue weighted by atomic mass is 19.4. The molecule has 1 heterocycles. The van der Waals surface area contributed by atoms with Crippen molar-refractivity contribution in [1.29, 1.82) is 0 Å². The van der Waals surface area contributed by atoms with Crippen LogP contribution in [0.1, 0.15) is 48.5 Å². The summed E-state index contributed by atoms with van der Waals surface area (Å²) >= 11 is 0. The number of hydrogen-bond acceptors (Lipinski definition) is 8. The van der Waals surface area contributed by atoms with E-state index in [1.165, 1.54) is 14.2 Å². The molecule has 0 saturated heterocycles. The first-order chi connectivity index (χ1) is 18.9. The number of rotatable bonds is 11. The first-order valence-corrected chi connectivity index (χ1v) is 12.4. The highest BCUT2D eigenvalue weighted by Gasteiger charge is 2.41. The van der Waals surface area contributed by atoms with E-state index in [0.717, 1.165) is 37.2 Å². The normalized spacial score (nSPS) is 17.5. The molecule has 1 saturated carbocycles. The molecule has 1 aromatic heterocycles. The number of ether oxygens (including phenoxy) is 4. The van der Waals surface area contributed by atoms with Crippen LogP contribution in [0.4, 0.5) is 23.2 Å². The van der Waals surface area contributed by atoms with Crippen LogP contribution in [0.2, 0.25) is 0 Å². The first-order valence-electron chi connectivity index (χ1n) is 12.4. The zero-order valence-corrected chi connectivity index (χ0v) is 22.5. The predicted octanol–water partition coefficient (Wildman–Crippen LogP) is 4.95. The third kappa shape index (κ3) is 6.97. The van der Waals surface area contributed by atoms with Gasteiger partial charge in [0, 0.05) is 32.3 Å². The van der Waals surface area contributed by atoms with Gasteiger partial charge in [0.05, 0.1) is 37.6 Å². The average molecular weight is 574 g/mol. The van der Waals surface area contributed by atoms with Crippen LogP contribution in [0, 0.1) is 17.7 Å². The molecule has 14 heteroatoms. The van der Waals surface area contributed by atoms with Gasteiger partial charge in [-0.05, 0) is 31.6 Å². The molecule has 1 fully saturated rings. The predicted molar refractivity (Wildman–Crippen MR) is 133 cm³/mol. The number of anilines is 1. The maximum Gasteiger partial charge on any atom is 0.426 e. The summed E-state index contributed by atoms with van der Waals surface area (Å²) in [4.78, 5) is 34.1. The molecule has 1 aliphatic carbocycles. The largest absolute Gasteiger partial charge is 0.480 e. The number of aromatic carboxylic acids is 1. The maximum atomic E-state index is 15.5. The van der Waals surface area contributed by atoms with Crippen LogP contribution in [0.3, 0.4) is 0 Å². The number of nitrogens with zero attached hydrogens (tertiary/aromatic N) is 3. The Labute approximate surface area is 228 Å². The maximum absolute atomic E-state index is 15.5. The smallest absolute Gasteiger partial charge is 0.426 e. The lowest BCUT2D eigenvalue weighted by atomic mass is 9.82. The SMILES string of the molecule is COCC(COC)N(c1cc(F)c(Oc2ncnc(OC)c2C(F)(F)F)cc1C(=O)O)C(=O)[C@H]1CC[C@H](C)CC1. The highest BCUT2D eigenvalue weighted by molar-refractivity contribution is 6.03. The van der Waals surface area contributed by atoms with Gasteiger partial charge in [0.15, 0.2) is 17.1 Å². The molecule has 0 unspecified atom stereocenters. The molecule has 1 aliphatic rings. The second kappa shape index (κ2) is 13.2. The van der Waals surface area contributed by atoms with Crippen LogP contribution < -0.4 is 14.4 Å². The van der Waals surface area contributed by atoms with Crippen molar-refractivity contribution in [2.75, 3.05) is 39.4 Å². The van der Waals surface area contributed by atoms with Gasteiger partial charge in [-0.1, -0.05) is 6.92 Å². The van der Waals surface area contributed by atoms with Crippen LogP contribution in [-0.2, 0) is 20.4 Å². The lowest BCUT2D eigenvalue weighted by Crippen LogP contribution is -2.49. The Kier molecular flexibility index (Phi) is 10.3. The Hall–Kier alpha value is -3.52. The average Bonchev–Trinajstić information content (AvgIpc) is 2.89. The van der Waals surface area contributed by atoms with Gasteiger partial charge in [0.1, 0.15) is 6.33 Å². The molecule has 10 nitrogen and oxygen atoms in total. The number of alkyl halides is 3. The van der Waals surface area contributed by atoms with Gasteiger partial charge < -0.3 is 29.0 Å². The van der Waals surface area contributed by atoms with Gasteiger partial charge in [-0.3, -0.25) is 4.79 Å². The summed E-state index contributed by atoms with van der Waals surface area (Å²) in [6.45, 7) is 1.96. The second-order valence-electron chi connectivity index (χ2n) is 9.50. The van der Waals surface area contributed by atoms with Crippen molar-refractivity contribution in [2.45, 2.75) is 44.8 Å². The minimum atomic E-state index is -5.04. The molecular weight excluding hydrogens is 542 g/mol. The Balaban J connectivity index is 2.14. The molecular formula is C26H31F4N3O7. The zero-order chi connectivity index (χ0) is 29.6. The summed E-state index contributed by atoms with van der Waals surface area (Å²) in [7, 11) is 3.73. The highest BCUT2D eigenvalue weighted by Crippen LogP contribution is 2.43. The number of hydrogen-bond donors (Lipinski definition) is 1. The van der Waals surface area contributed by atoms with Crippen molar-refractivity contribution in [3.05, 3.63) is 35.4 Å². The summed E-state index contributed by atoms with van der Waals surface area (Å²) < 4.78 is 76.9. The van der Waals surface area contributed by atoms with Gasteiger partial charge in [0.25, 0.3) is 0 Å². The number of amides is 1. The number of methoxy groups -OCH3 is 3. The van der Waals surface area contributed by atoms with Crippen LogP contribution in [0.15, 0.2) is 18.5 Å². The number of carbonyl (C=O) groups is 2. The fourth-order valence-electron chi connectivity index (χ4n) is 4.71. The minimum absolute atomic E-state index is 0.0582. The fraction of sp³-hybridized carbons (Fsp3) is 0.538. The third-order valence-electron chi connectivity index (χ3n) is 6.69. The number of halogens is 4. The number of carboxylic acids is 1. The lowest BCUT2D eigenvalue weighted by molar-refractivity contribution is -0.140. The molecule has 1 N–H and O–H groups in total. The van der Waals surface area contributed by atoms with Crippen molar-refractivity contribution in [1.82, 2.24) is 9.97 Å². The van der Waals surface area contributed by atoms with Crippen molar-refractivity contribution in [2.24, 2.45) is 11.8 Å². The van der Waals surface area contributed by atoms with E-state index >= 15 is 4.39 Å². The molecule has 0 spiro atoms. The molecule has 0 atom stereocenters. The zero-order valence-electron chi connectivity index (χ0n) is 22.5. The quantitative estimate of drug-likeness (QED) is 0.372. The lowest BCUT2D eigenvalue weighted by Gasteiger charge is -2.36. The van der Waals surface area contributed by atoms with Crippen LogP contribution in [0.5, 0.6) is 17.5 Å². The Morgan fingerprint density at radius 1 is 1.05 bits per heavy atom. The van der Waals surface area contributed by atoms with Crippen LogP contribution >= 0.6 is 0 Å². The number of carboxylic acid groups (broad SMARTS) is 1. The Morgan fingerprint density at radius 3 is 2.17 bits per heavy atom. The van der Waals surface area contributed by atoms with Crippen LogP contribution in [0.25, 0.3) is 0 Å². The van der Waals surface area contributed by atoms with E-state index in [-0.39, 0.29) is 18.9 Å². The van der Waals surface area contributed by atoms with E-state index in [9.17, 15) is 27.9 Å². The van der Waals surface area contributed by atoms with E-state index in [0.29, 0.717) is 24.8 Å². The van der Waals surface area contributed by atoms with Gasteiger partial charge >= 0.3 is 12.1 Å². The summed E-state index contributed by atoms with van der Waals surface area (Å²) in [6.07, 6.45) is -1.61. The number of aromatic nitrogens is 2. The topological polar surface area (TPSA) is 120 Å². The molecule has 40 heavy (non-hydrogen) atoms. The molecule has 0 aliphatic heterocycles. The Morgan fingerprint density at radius 2 is 1.65 bits per heavy atom. The van der Waals surface area contributed by atoms with Crippen molar-refractivity contribution in [3.8, 4) is 17.5 Å². The standard InChI is InChI=1S/C26H31F4N3O7/c1-14-5-7-15(8-6-14)24(34)33(16(11-37-2)12-38-3)19-10-18(27)20(9-17(19)25(35)36)40-23-21(26(28,29)30)22(39-4)31-13-32-23/h9-10,13-16H,5-8,11-12H2,1-4H3,(H,35,36)/t14-,15-. The van der Waals surface area contributed by atoms with Gasteiger partial charge in [-0.25, -0.2) is 19.2 Å².